The van der Waals surface area contributed by atoms with Crippen LogP contribution in [0.15, 0.2) is 36.5 Å². The van der Waals surface area contributed by atoms with E-state index in [2.05, 4.69) is 43.5 Å². The number of hydrogen-bond acceptors (Lipinski definition) is 3. The maximum absolute atomic E-state index is 12.4. The van der Waals surface area contributed by atoms with Crippen molar-refractivity contribution < 1.29 is 15.0 Å². The largest absolute Gasteiger partial charge is 0.394 e. The van der Waals surface area contributed by atoms with Gasteiger partial charge >= 0.3 is 0 Å². The van der Waals surface area contributed by atoms with E-state index in [-0.39, 0.29) is 12.5 Å². The molecule has 0 aliphatic heterocycles. The summed E-state index contributed by atoms with van der Waals surface area (Å²) < 4.78 is 0. The molecule has 1 amide bonds. The van der Waals surface area contributed by atoms with Gasteiger partial charge in [0.2, 0.25) is 5.91 Å². The van der Waals surface area contributed by atoms with E-state index in [1.54, 1.807) is 6.08 Å². The van der Waals surface area contributed by atoms with Crippen molar-refractivity contribution in [2.75, 3.05) is 6.61 Å². The fourth-order valence-electron chi connectivity index (χ4n) is 6.68. The van der Waals surface area contributed by atoms with Crippen LogP contribution in [-0.2, 0) is 4.79 Å². The lowest BCUT2D eigenvalue weighted by molar-refractivity contribution is -0.123. The number of unbranched alkanes of at least 4 members (excludes halogenated alkanes) is 29. The smallest absolute Gasteiger partial charge is 0.220 e. The molecule has 4 heteroatoms. The van der Waals surface area contributed by atoms with E-state index in [0.717, 1.165) is 38.5 Å². The summed E-state index contributed by atoms with van der Waals surface area (Å²) >= 11 is 0. The standard InChI is InChI=1S/C46H87NO3/c1-3-5-7-9-11-13-15-17-19-21-22-23-24-26-27-29-31-33-35-37-39-41-45(49)44(43-48)47-46(50)42-40-38-36-34-32-30-28-25-20-18-16-14-12-10-8-6-4-2/h24,26,31,33,39,41,44-45,48-49H,3-23,25,27-30,32,34-38,40,42-43H2,1-2H3,(H,47,50)/b26-24+,33-31+,41-39+. The third kappa shape index (κ3) is 37.9. The fraction of sp³-hybridized carbons (Fsp3) is 0.848. The highest BCUT2D eigenvalue weighted by Crippen LogP contribution is 2.15. The average molecular weight is 702 g/mol. The normalized spacial score (nSPS) is 13.3. The first kappa shape index (κ1) is 48.6. The van der Waals surface area contributed by atoms with E-state index in [1.807, 2.05) is 6.08 Å². The van der Waals surface area contributed by atoms with E-state index >= 15 is 0 Å². The second kappa shape index (κ2) is 42.0. The molecule has 0 aromatic heterocycles. The van der Waals surface area contributed by atoms with Gasteiger partial charge in [-0.3, -0.25) is 4.79 Å². The van der Waals surface area contributed by atoms with Crippen molar-refractivity contribution in [2.45, 2.75) is 244 Å². The van der Waals surface area contributed by atoms with Gasteiger partial charge in [-0.05, 0) is 44.9 Å². The zero-order valence-electron chi connectivity index (χ0n) is 33.7. The Kier molecular flexibility index (Phi) is 40.9. The predicted octanol–water partition coefficient (Wildman–Crippen LogP) is 13.8. The summed E-state index contributed by atoms with van der Waals surface area (Å²) in [6.45, 7) is 4.30. The van der Waals surface area contributed by atoms with E-state index < -0.39 is 12.1 Å². The third-order valence-corrected chi connectivity index (χ3v) is 10.1. The molecule has 0 saturated heterocycles. The Balaban J connectivity index is 3.62. The third-order valence-electron chi connectivity index (χ3n) is 10.1. The SMILES string of the molecule is CCCCCCCCCCCCC/C=C/CC/C=C/CC/C=C/C(O)C(CO)NC(=O)CCCCCCCCCCCCCCCCCCC. The van der Waals surface area contributed by atoms with Crippen molar-refractivity contribution in [2.24, 2.45) is 0 Å². The van der Waals surface area contributed by atoms with Crippen LogP contribution in [0, 0.1) is 0 Å². The summed E-state index contributed by atoms with van der Waals surface area (Å²) in [5.41, 5.74) is 0. The Hall–Kier alpha value is -1.39. The first-order valence-electron chi connectivity index (χ1n) is 22.2. The Bertz CT molecular complexity index is 760. The number of amides is 1. The number of aliphatic hydroxyl groups is 2. The molecule has 50 heavy (non-hydrogen) atoms. The molecule has 0 aromatic rings. The lowest BCUT2D eigenvalue weighted by Crippen LogP contribution is -2.45. The van der Waals surface area contributed by atoms with Crippen LogP contribution in [0.25, 0.3) is 0 Å². The van der Waals surface area contributed by atoms with Gasteiger partial charge < -0.3 is 15.5 Å². The molecule has 2 unspecified atom stereocenters. The molecule has 0 spiro atoms. The van der Waals surface area contributed by atoms with E-state index in [9.17, 15) is 15.0 Å². The van der Waals surface area contributed by atoms with Crippen molar-refractivity contribution in [3.63, 3.8) is 0 Å². The molecular formula is C46H87NO3. The number of rotatable bonds is 40. The van der Waals surface area contributed by atoms with Gasteiger partial charge in [0.25, 0.3) is 0 Å². The van der Waals surface area contributed by atoms with Crippen LogP contribution in [0.4, 0.5) is 0 Å². The van der Waals surface area contributed by atoms with Gasteiger partial charge in [0.15, 0.2) is 0 Å². The lowest BCUT2D eigenvalue weighted by Gasteiger charge is -2.19. The number of carbonyl (C=O) groups excluding carboxylic acids is 1. The summed E-state index contributed by atoms with van der Waals surface area (Å²) in [6, 6.07) is -0.642. The minimum absolute atomic E-state index is 0.0757. The zero-order valence-corrected chi connectivity index (χ0v) is 33.7. The number of aliphatic hydroxyl groups excluding tert-OH is 2. The van der Waals surface area contributed by atoms with Gasteiger partial charge in [0, 0.05) is 6.42 Å². The highest BCUT2D eigenvalue weighted by atomic mass is 16.3. The number of hydrogen-bond donors (Lipinski definition) is 3. The highest BCUT2D eigenvalue weighted by molar-refractivity contribution is 5.76. The summed E-state index contributed by atoms with van der Waals surface area (Å²) in [7, 11) is 0. The summed E-state index contributed by atoms with van der Waals surface area (Å²) in [5.74, 6) is -0.0757. The van der Waals surface area contributed by atoms with Gasteiger partial charge in [-0.25, -0.2) is 0 Å². The highest BCUT2D eigenvalue weighted by Gasteiger charge is 2.17. The molecule has 0 aliphatic carbocycles. The van der Waals surface area contributed by atoms with E-state index in [0.29, 0.717) is 6.42 Å². The van der Waals surface area contributed by atoms with Crippen LogP contribution in [0.3, 0.4) is 0 Å². The quantitative estimate of drug-likeness (QED) is 0.0440. The molecule has 0 saturated carbocycles. The van der Waals surface area contributed by atoms with Gasteiger partial charge in [0.1, 0.15) is 0 Å². The first-order chi connectivity index (χ1) is 24.7. The second-order valence-corrected chi connectivity index (χ2v) is 15.1. The molecule has 0 rings (SSSR count). The van der Waals surface area contributed by atoms with Crippen molar-refractivity contribution >= 4 is 5.91 Å². The van der Waals surface area contributed by atoms with Gasteiger partial charge in [-0.1, -0.05) is 217 Å². The molecule has 0 aliphatic rings. The molecule has 0 bridgehead atoms. The van der Waals surface area contributed by atoms with E-state index in [1.165, 1.54) is 173 Å². The van der Waals surface area contributed by atoms with E-state index in [4.69, 9.17) is 0 Å². The first-order valence-corrected chi connectivity index (χ1v) is 22.2. The fourth-order valence-corrected chi connectivity index (χ4v) is 6.68. The Morgan fingerprint density at radius 2 is 0.780 bits per heavy atom. The molecule has 0 radical (unpaired) electrons. The summed E-state index contributed by atoms with van der Waals surface area (Å²) in [5, 5.41) is 23.0. The topological polar surface area (TPSA) is 69.6 Å². The molecule has 3 N–H and O–H groups in total. The lowest BCUT2D eigenvalue weighted by atomic mass is 10.0. The van der Waals surface area contributed by atoms with Crippen LogP contribution < -0.4 is 5.32 Å². The van der Waals surface area contributed by atoms with Crippen LogP contribution in [0.1, 0.15) is 232 Å². The molecule has 0 fully saturated rings. The summed E-state index contributed by atoms with van der Waals surface area (Å²) in [4.78, 5) is 12.4. The van der Waals surface area contributed by atoms with Gasteiger partial charge in [-0.15, -0.1) is 0 Å². The number of carbonyl (C=O) groups is 1. The Morgan fingerprint density at radius 3 is 1.16 bits per heavy atom. The van der Waals surface area contributed by atoms with Crippen LogP contribution >= 0.6 is 0 Å². The van der Waals surface area contributed by atoms with Crippen LogP contribution in [-0.4, -0.2) is 34.9 Å². The second-order valence-electron chi connectivity index (χ2n) is 15.1. The molecule has 294 valence electrons. The molecular weight excluding hydrogens is 615 g/mol. The zero-order chi connectivity index (χ0) is 36.4. The Morgan fingerprint density at radius 1 is 0.460 bits per heavy atom. The van der Waals surface area contributed by atoms with Crippen LogP contribution in [0.5, 0.6) is 0 Å². The minimum Gasteiger partial charge on any atom is -0.394 e. The molecule has 2 atom stereocenters. The number of allylic oxidation sites excluding steroid dienone is 5. The van der Waals surface area contributed by atoms with Crippen LogP contribution in [0.2, 0.25) is 0 Å². The number of nitrogens with one attached hydrogen (secondary N) is 1. The maximum atomic E-state index is 12.4. The van der Waals surface area contributed by atoms with Crippen molar-refractivity contribution in [3.05, 3.63) is 36.5 Å². The van der Waals surface area contributed by atoms with Crippen molar-refractivity contribution in [1.29, 1.82) is 0 Å². The molecule has 4 nitrogen and oxygen atoms in total. The monoisotopic (exact) mass is 702 g/mol. The van der Waals surface area contributed by atoms with Gasteiger partial charge in [-0.2, -0.15) is 0 Å². The predicted molar refractivity (Wildman–Crippen MR) is 221 cm³/mol. The average Bonchev–Trinajstić information content (AvgIpc) is 3.12. The van der Waals surface area contributed by atoms with Crippen molar-refractivity contribution in [1.82, 2.24) is 5.32 Å². The van der Waals surface area contributed by atoms with Gasteiger partial charge in [0.05, 0.1) is 18.8 Å². The maximum Gasteiger partial charge on any atom is 0.220 e. The summed E-state index contributed by atoms with van der Waals surface area (Å²) in [6.07, 6.45) is 55.4. The Labute approximate surface area is 312 Å². The minimum atomic E-state index is -0.867. The van der Waals surface area contributed by atoms with Crippen molar-refractivity contribution in [3.8, 4) is 0 Å². The molecule has 0 heterocycles. The molecule has 0 aromatic carbocycles.